The van der Waals surface area contributed by atoms with E-state index in [0.717, 1.165) is 0 Å². The number of amides is 3. The third kappa shape index (κ3) is 8.23. The molecule has 0 aliphatic carbocycles. The van der Waals surface area contributed by atoms with E-state index < -0.39 is 54.5 Å². The molecule has 0 aromatic heterocycles. The number of carboxylic acids is 1. The van der Waals surface area contributed by atoms with E-state index in [4.69, 9.17) is 15.9 Å². The summed E-state index contributed by atoms with van der Waals surface area (Å²) in [5.41, 5.74) is 5.22. The fraction of sp³-hybridized carbons (Fsp3) is 0.733. The van der Waals surface area contributed by atoms with Crippen LogP contribution in [0.25, 0.3) is 0 Å². The summed E-state index contributed by atoms with van der Waals surface area (Å²) >= 11 is 0. The van der Waals surface area contributed by atoms with Crippen molar-refractivity contribution in [2.75, 3.05) is 13.2 Å². The molecular weight excluding hydrogens is 348 g/mol. The van der Waals surface area contributed by atoms with Crippen LogP contribution in [0.2, 0.25) is 0 Å². The lowest BCUT2D eigenvalue weighted by Gasteiger charge is -2.26. The van der Waals surface area contributed by atoms with E-state index in [1.807, 2.05) is 19.2 Å². The van der Waals surface area contributed by atoms with Crippen LogP contribution in [0.15, 0.2) is 0 Å². The standard InChI is InChI=1S/C15H28N4O7/c1-7(2)4-9(17-11(22)5-16)13(23)19-12(8(3)21)14(24)18-10(6-20)15(25)26/h7-10,12,20-21H,4-6,16H2,1-3H3,(H,17,22)(H,18,24)(H,19,23)(H,25,26). The second kappa shape index (κ2) is 11.4. The number of hydrogen-bond acceptors (Lipinski definition) is 7. The molecule has 26 heavy (non-hydrogen) atoms. The Kier molecular flexibility index (Phi) is 10.4. The van der Waals surface area contributed by atoms with Crippen LogP contribution in [0.4, 0.5) is 0 Å². The molecule has 0 fully saturated rings. The summed E-state index contributed by atoms with van der Waals surface area (Å²) in [5.74, 6) is -3.70. The Labute approximate surface area is 151 Å². The van der Waals surface area contributed by atoms with Gasteiger partial charge >= 0.3 is 5.97 Å². The number of nitrogens with one attached hydrogen (secondary N) is 3. The number of aliphatic hydroxyl groups excluding tert-OH is 2. The van der Waals surface area contributed by atoms with Crippen LogP contribution in [0.5, 0.6) is 0 Å². The number of carboxylic acid groups (broad SMARTS) is 1. The van der Waals surface area contributed by atoms with Gasteiger partial charge in [0.05, 0.1) is 19.3 Å². The van der Waals surface area contributed by atoms with Gasteiger partial charge in [-0.1, -0.05) is 13.8 Å². The first-order valence-corrected chi connectivity index (χ1v) is 8.15. The predicted molar refractivity (Wildman–Crippen MR) is 90.7 cm³/mol. The topological polar surface area (TPSA) is 191 Å². The maximum absolute atomic E-state index is 12.4. The van der Waals surface area contributed by atoms with Gasteiger partial charge in [-0.05, 0) is 19.3 Å². The number of aliphatic hydroxyl groups is 2. The largest absolute Gasteiger partial charge is 0.480 e. The Morgan fingerprint density at radius 3 is 1.92 bits per heavy atom. The van der Waals surface area contributed by atoms with E-state index in [0.29, 0.717) is 0 Å². The maximum Gasteiger partial charge on any atom is 0.328 e. The zero-order valence-electron chi connectivity index (χ0n) is 15.1. The average molecular weight is 376 g/mol. The summed E-state index contributed by atoms with van der Waals surface area (Å²) in [4.78, 5) is 46.9. The van der Waals surface area contributed by atoms with Crippen molar-refractivity contribution < 1.29 is 34.5 Å². The molecule has 11 heteroatoms. The van der Waals surface area contributed by atoms with Gasteiger partial charge in [-0.25, -0.2) is 4.79 Å². The molecule has 0 rings (SSSR count). The summed E-state index contributed by atoms with van der Waals surface area (Å²) in [6, 6.07) is -4.03. The minimum atomic E-state index is -1.58. The van der Waals surface area contributed by atoms with Crippen LogP contribution in [-0.4, -0.2) is 76.4 Å². The highest BCUT2D eigenvalue weighted by Gasteiger charge is 2.32. The third-order valence-electron chi connectivity index (χ3n) is 3.40. The number of carbonyl (C=O) groups is 4. The van der Waals surface area contributed by atoms with E-state index in [-0.39, 0.29) is 18.9 Å². The van der Waals surface area contributed by atoms with Crippen molar-refractivity contribution in [3.05, 3.63) is 0 Å². The van der Waals surface area contributed by atoms with Gasteiger partial charge < -0.3 is 37.0 Å². The van der Waals surface area contributed by atoms with Crippen LogP contribution < -0.4 is 21.7 Å². The van der Waals surface area contributed by atoms with Gasteiger partial charge in [0.15, 0.2) is 0 Å². The fourth-order valence-electron chi connectivity index (χ4n) is 2.06. The van der Waals surface area contributed by atoms with Crippen LogP contribution in [0.3, 0.4) is 0 Å². The summed E-state index contributed by atoms with van der Waals surface area (Å²) in [6.07, 6.45) is -1.09. The number of carbonyl (C=O) groups excluding carboxylic acids is 3. The Morgan fingerprint density at radius 2 is 1.54 bits per heavy atom. The van der Waals surface area contributed by atoms with Crippen molar-refractivity contribution in [1.82, 2.24) is 16.0 Å². The highest BCUT2D eigenvalue weighted by atomic mass is 16.4. The van der Waals surface area contributed by atoms with Gasteiger partial charge in [0.1, 0.15) is 18.1 Å². The molecule has 8 N–H and O–H groups in total. The van der Waals surface area contributed by atoms with Crippen molar-refractivity contribution in [2.24, 2.45) is 11.7 Å². The zero-order valence-corrected chi connectivity index (χ0v) is 15.1. The summed E-state index contributed by atoms with van der Waals surface area (Å²) < 4.78 is 0. The molecule has 0 heterocycles. The van der Waals surface area contributed by atoms with Gasteiger partial charge in [0.25, 0.3) is 0 Å². The van der Waals surface area contributed by atoms with E-state index >= 15 is 0 Å². The van der Waals surface area contributed by atoms with E-state index in [1.165, 1.54) is 6.92 Å². The minimum Gasteiger partial charge on any atom is -0.480 e. The molecule has 0 aliphatic heterocycles. The van der Waals surface area contributed by atoms with Gasteiger partial charge in [-0.3, -0.25) is 14.4 Å². The monoisotopic (exact) mass is 376 g/mol. The van der Waals surface area contributed by atoms with Crippen molar-refractivity contribution >= 4 is 23.7 Å². The molecule has 0 spiro atoms. The van der Waals surface area contributed by atoms with Gasteiger partial charge in [0, 0.05) is 0 Å². The first kappa shape index (κ1) is 23.8. The normalized spacial score (nSPS) is 15.5. The molecule has 0 aromatic carbocycles. The second-order valence-corrected chi connectivity index (χ2v) is 6.26. The first-order valence-electron chi connectivity index (χ1n) is 8.15. The molecule has 0 radical (unpaired) electrons. The lowest BCUT2D eigenvalue weighted by atomic mass is 10.0. The number of rotatable bonds is 11. The lowest BCUT2D eigenvalue weighted by Crippen LogP contribution is -2.59. The van der Waals surface area contributed by atoms with Crippen LogP contribution in [-0.2, 0) is 19.2 Å². The quantitative estimate of drug-likeness (QED) is 0.197. The number of hydrogen-bond donors (Lipinski definition) is 7. The Hall–Kier alpha value is -2.24. The molecule has 11 nitrogen and oxygen atoms in total. The molecule has 0 bridgehead atoms. The lowest BCUT2D eigenvalue weighted by molar-refractivity contribution is -0.144. The van der Waals surface area contributed by atoms with Crippen molar-refractivity contribution in [2.45, 2.75) is 51.4 Å². The van der Waals surface area contributed by atoms with Crippen LogP contribution in [0, 0.1) is 5.92 Å². The Morgan fingerprint density at radius 1 is 0.962 bits per heavy atom. The molecule has 0 aromatic rings. The molecule has 4 unspecified atom stereocenters. The highest BCUT2D eigenvalue weighted by molar-refractivity contribution is 5.93. The number of aliphatic carboxylic acids is 1. The van der Waals surface area contributed by atoms with Crippen molar-refractivity contribution in [1.29, 1.82) is 0 Å². The molecular formula is C15H28N4O7. The molecule has 0 saturated heterocycles. The van der Waals surface area contributed by atoms with Crippen LogP contribution >= 0.6 is 0 Å². The van der Waals surface area contributed by atoms with Crippen molar-refractivity contribution in [3.63, 3.8) is 0 Å². The Balaban J connectivity index is 5.19. The molecule has 4 atom stereocenters. The molecule has 150 valence electrons. The third-order valence-corrected chi connectivity index (χ3v) is 3.40. The zero-order chi connectivity index (χ0) is 20.4. The minimum absolute atomic E-state index is 0.0356. The highest BCUT2D eigenvalue weighted by Crippen LogP contribution is 2.06. The number of nitrogens with two attached hydrogens (primary N) is 1. The van der Waals surface area contributed by atoms with E-state index in [2.05, 4.69) is 10.6 Å². The second-order valence-electron chi connectivity index (χ2n) is 6.26. The first-order chi connectivity index (χ1) is 12.0. The van der Waals surface area contributed by atoms with Gasteiger partial charge in [-0.2, -0.15) is 0 Å². The van der Waals surface area contributed by atoms with Gasteiger partial charge in [-0.15, -0.1) is 0 Å². The maximum atomic E-state index is 12.4. The fourth-order valence-corrected chi connectivity index (χ4v) is 2.06. The summed E-state index contributed by atoms with van der Waals surface area (Å²) in [7, 11) is 0. The summed E-state index contributed by atoms with van der Waals surface area (Å²) in [5, 5.41) is 34.3. The predicted octanol–water partition coefficient (Wildman–Crippen LogP) is -3.10. The Bertz CT molecular complexity index is 510. The molecule has 0 aliphatic rings. The van der Waals surface area contributed by atoms with E-state index in [9.17, 15) is 24.3 Å². The molecule has 3 amide bonds. The SMILES string of the molecule is CC(C)CC(NC(=O)CN)C(=O)NC(C(=O)NC(CO)C(=O)O)C(C)O. The summed E-state index contributed by atoms with van der Waals surface area (Å²) in [6.45, 7) is 3.71. The van der Waals surface area contributed by atoms with E-state index in [1.54, 1.807) is 0 Å². The van der Waals surface area contributed by atoms with Crippen molar-refractivity contribution in [3.8, 4) is 0 Å². The molecule has 0 saturated carbocycles. The average Bonchev–Trinajstić information content (AvgIpc) is 2.55. The smallest absolute Gasteiger partial charge is 0.328 e. The van der Waals surface area contributed by atoms with Gasteiger partial charge in [0.2, 0.25) is 17.7 Å². The van der Waals surface area contributed by atoms with Crippen LogP contribution in [0.1, 0.15) is 27.2 Å².